The van der Waals surface area contributed by atoms with Crippen molar-refractivity contribution < 1.29 is 35.8 Å². The van der Waals surface area contributed by atoms with Crippen LogP contribution in [-0.4, -0.2) is 107 Å². The van der Waals surface area contributed by atoms with Gasteiger partial charge in [-0.2, -0.15) is 16.8 Å². The van der Waals surface area contributed by atoms with E-state index >= 15 is 0 Å². The van der Waals surface area contributed by atoms with Crippen LogP contribution in [0, 0.1) is 0 Å². The standard InChI is InChI=1S/C20H40O8S2.2Na.2H/c1-2-3-4-5-6-7-8-9-10-11-12-13-14-15-16-20(19(21)22,30(26,27)28)17-18-29(23,24)25;;;;/h2-18H2,1H3,(H,21,22)(H,23,24,25)(H,26,27,28);;;;. The van der Waals surface area contributed by atoms with Gasteiger partial charge in [-0.15, -0.1) is 0 Å². The number of unbranched alkanes of at least 4 members (excludes halogenated alkanes) is 13. The average Bonchev–Trinajstić information content (AvgIpc) is 2.62. The summed E-state index contributed by atoms with van der Waals surface area (Å²) in [6, 6.07) is 0. The van der Waals surface area contributed by atoms with Gasteiger partial charge >= 0.3 is 65.1 Å². The van der Waals surface area contributed by atoms with Crippen molar-refractivity contribution in [2.24, 2.45) is 0 Å². The van der Waals surface area contributed by atoms with Gasteiger partial charge in [0.1, 0.15) is 0 Å². The van der Waals surface area contributed by atoms with Crippen molar-refractivity contribution in [2.75, 3.05) is 5.75 Å². The molecule has 0 saturated heterocycles. The molecule has 0 spiro atoms. The Bertz CT molecular complexity index is 684. The zero-order valence-electron chi connectivity index (χ0n) is 18.2. The first-order valence-corrected chi connectivity index (χ1v) is 14.2. The first kappa shape index (κ1) is 37.8. The molecule has 0 rings (SSSR count). The average molecular weight is 521 g/mol. The van der Waals surface area contributed by atoms with Crippen LogP contribution >= 0.6 is 0 Å². The molecule has 12 heteroatoms. The fourth-order valence-electron chi connectivity index (χ4n) is 3.61. The summed E-state index contributed by atoms with van der Waals surface area (Å²) in [7, 11) is -9.59. The summed E-state index contributed by atoms with van der Waals surface area (Å²) in [6.07, 6.45) is 13.8. The van der Waals surface area contributed by atoms with Crippen LogP contribution in [0.25, 0.3) is 0 Å². The molecule has 0 bridgehead atoms. The van der Waals surface area contributed by atoms with Crippen molar-refractivity contribution in [3.63, 3.8) is 0 Å². The second kappa shape index (κ2) is 20.5. The van der Waals surface area contributed by atoms with Crippen LogP contribution in [-0.2, 0) is 25.0 Å². The van der Waals surface area contributed by atoms with Gasteiger partial charge in [0, 0.05) is 0 Å². The van der Waals surface area contributed by atoms with Gasteiger partial charge in [-0.1, -0.05) is 96.8 Å². The van der Waals surface area contributed by atoms with E-state index < -0.39 is 49.5 Å². The van der Waals surface area contributed by atoms with E-state index in [1.54, 1.807) is 0 Å². The van der Waals surface area contributed by atoms with E-state index in [0.717, 1.165) is 25.7 Å². The molecule has 1 atom stereocenters. The Kier molecular flexibility index (Phi) is 24.2. The van der Waals surface area contributed by atoms with Crippen LogP contribution in [0.3, 0.4) is 0 Å². The van der Waals surface area contributed by atoms with Crippen LogP contribution in [0.15, 0.2) is 0 Å². The fraction of sp³-hybridized carbons (Fsp3) is 0.950. The topological polar surface area (TPSA) is 146 Å². The van der Waals surface area contributed by atoms with Gasteiger partial charge in [-0.05, 0) is 12.8 Å². The zero-order chi connectivity index (χ0) is 23.1. The van der Waals surface area contributed by atoms with Crippen molar-refractivity contribution in [1.29, 1.82) is 0 Å². The molecule has 0 aromatic heterocycles. The second-order valence-electron chi connectivity index (χ2n) is 8.16. The monoisotopic (exact) mass is 520 g/mol. The molecule has 0 heterocycles. The van der Waals surface area contributed by atoms with Crippen LogP contribution in [0.5, 0.6) is 0 Å². The molecular formula is C20H42Na2O8S2. The summed E-state index contributed by atoms with van der Waals surface area (Å²) >= 11 is 0. The molecule has 0 aliphatic carbocycles. The Hall–Kier alpha value is 1.29. The first-order valence-electron chi connectivity index (χ1n) is 11.1. The van der Waals surface area contributed by atoms with E-state index in [4.69, 9.17) is 4.55 Å². The van der Waals surface area contributed by atoms with E-state index in [9.17, 15) is 31.3 Å². The molecule has 0 radical (unpaired) electrons. The van der Waals surface area contributed by atoms with Crippen LogP contribution in [0.2, 0.25) is 0 Å². The van der Waals surface area contributed by atoms with Gasteiger partial charge in [0.15, 0.2) is 4.75 Å². The van der Waals surface area contributed by atoms with Crippen molar-refractivity contribution in [3.8, 4) is 0 Å². The second-order valence-corrected chi connectivity index (χ2v) is 11.5. The summed E-state index contributed by atoms with van der Waals surface area (Å²) in [5.74, 6) is -2.85. The Balaban J connectivity index is -0.00000420. The van der Waals surface area contributed by atoms with Crippen LogP contribution in [0.4, 0.5) is 0 Å². The predicted octanol–water partition coefficient (Wildman–Crippen LogP) is 3.55. The summed E-state index contributed by atoms with van der Waals surface area (Å²) in [6.45, 7) is 2.21. The molecule has 184 valence electrons. The third kappa shape index (κ3) is 17.7. The molecule has 0 aromatic rings. The normalized spacial score (nSPS) is 13.6. The van der Waals surface area contributed by atoms with Crippen molar-refractivity contribution in [1.82, 2.24) is 0 Å². The van der Waals surface area contributed by atoms with Gasteiger partial charge in [0.05, 0.1) is 5.75 Å². The molecular weight excluding hydrogens is 478 g/mol. The van der Waals surface area contributed by atoms with E-state index in [1.165, 1.54) is 51.4 Å². The molecule has 3 N–H and O–H groups in total. The number of hydrogen-bond donors (Lipinski definition) is 3. The summed E-state index contributed by atoms with van der Waals surface area (Å²) in [5.41, 5.74) is 0. The minimum atomic E-state index is -5.04. The van der Waals surface area contributed by atoms with Gasteiger partial charge in [-0.3, -0.25) is 13.9 Å². The quantitative estimate of drug-likeness (QED) is 0.125. The zero-order valence-corrected chi connectivity index (χ0v) is 19.9. The Labute approximate surface area is 239 Å². The third-order valence-corrected chi connectivity index (χ3v) is 7.87. The van der Waals surface area contributed by atoms with E-state index in [1.807, 2.05) is 0 Å². The summed E-state index contributed by atoms with van der Waals surface area (Å²) in [4.78, 5) is 11.5. The Morgan fingerprint density at radius 1 is 0.656 bits per heavy atom. The number of rotatable bonds is 20. The number of carbonyl (C=O) groups is 1. The van der Waals surface area contributed by atoms with Gasteiger partial charge in [-0.25, -0.2) is 0 Å². The molecule has 0 saturated carbocycles. The molecule has 0 fully saturated rings. The summed E-state index contributed by atoms with van der Waals surface area (Å²) in [5, 5.41) is 9.34. The Morgan fingerprint density at radius 2 is 1.00 bits per heavy atom. The molecule has 0 amide bonds. The SMILES string of the molecule is CCCCCCCCCCCCCCCCC(CCS(=O)(=O)O)(C(=O)O)S(=O)(=O)O.[NaH].[NaH]. The van der Waals surface area contributed by atoms with Crippen molar-refractivity contribution >= 4 is 85.3 Å². The number of aliphatic carboxylic acids is 1. The van der Waals surface area contributed by atoms with Gasteiger partial charge < -0.3 is 5.11 Å². The third-order valence-electron chi connectivity index (χ3n) is 5.58. The minimum absolute atomic E-state index is 0. The molecule has 8 nitrogen and oxygen atoms in total. The molecule has 0 aromatic carbocycles. The maximum atomic E-state index is 11.7. The number of carboxylic acid groups (broad SMARTS) is 1. The van der Waals surface area contributed by atoms with Gasteiger partial charge in [0.25, 0.3) is 20.2 Å². The van der Waals surface area contributed by atoms with E-state index in [-0.39, 0.29) is 65.5 Å². The first-order chi connectivity index (χ1) is 14.0. The van der Waals surface area contributed by atoms with Crippen molar-refractivity contribution in [3.05, 3.63) is 0 Å². The van der Waals surface area contributed by atoms with Crippen LogP contribution in [0.1, 0.15) is 110 Å². The molecule has 0 aliphatic rings. The molecule has 32 heavy (non-hydrogen) atoms. The maximum absolute atomic E-state index is 11.7. The van der Waals surface area contributed by atoms with Gasteiger partial charge in [0.2, 0.25) is 0 Å². The predicted molar refractivity (Wildman–Crippen MR) is 132 cm³/mol. The summed E-state index contributed by atoms with van der Waals surface area (Å²) < 4.78 is 60.8. The molecule has 1 unspecified atom stereocenters. The Morgan fingerprint density at radius 3 is 1.28 bits per heavy atom. The van der Waals surface area contributed by atoms with Crippen molar-refractivity contribution in [2.45, 2.75) is 114 Å². The number of hydrogen-bond acceptors (Lipinski definition) is 5. The van der Waals surface area contributed by atoms with Crippen LogP contribution < -0.4 is 0 Å². The fourth-order valence-corrected chi connectivity index (χ4v) is 5.32. The van der Waals surface area contributed by atoms with E-state index in [2.05, 4.69) is 6.92 Å². The van der Waals surface area contributed by atoms with E-state index in [0.29, 0.717) is 6.42 Å². The number of carboxylic acids is 1. The molecule has 0 aliphatic heterocycles.